The van der Waals surface area contributed by atoms with Gasteiger partial charge in [0.25, 0.3) is 0 Å². The van der Waals surface area contributed by atoms with Gasteiger partial charge < -0.3 is 4.74 Å². The van der Waals surface area contributed by atoms with Crippen LogP contribution in [0.5, 0.6) is 0 Å². The molecule has 1 aromatic heterocycles. The summed E-state index contributed by atoms with van der Waals surface area (Å²) in [5.74, 6) is 0.250. The number of benzene rings is 1. The largest absolute Gasteiger partial charge is 0.379 e. The minimum absolute atomic E-state index is 0.250. The molecule has 0 atom stereocenters. The number of aromatic nitrogens is 2. The van der Waals surface area contributed by atoms with Crippen LogP contribution in [0.3, 0.4) is 0 Å². The van der Waals surface area contributed by atoms with Crippen LogP contribution in [-0.4, -0.2) is 53.3 Å². The molecule has 2 aliphatic rings. The number of carbonyl (C=O) groups is 1. The molecule has 1 aromatic carbocycles. The van der Waals surface area contributed by atoms with Crippen molar-refractivity contribution in [2.24, 2.45) is 0 Å². The van der Waals surface area contributed by atoms with Crippen molar-refractivity contribution in [1.29, 1.82) is 0 Å². The third kappa shape index (κ3) is 3.53. The van der Waals surface area contributed by atoms with Crippen molar-refractivity contribution in [3.63, 3.8) is 0 Å². The van der Waals surface area contributed by atoms with Gasteiger partial charge in [-0.05, 0) is 19.3 Å². The lowest BCUT2D eigenvalue weighted by atomic mass is 9.92. The molecular formula is C20H25N3O2. The van der Waals surface area contributed by atoms with E-state index >= 15 is 0 Å². The molecule has 4 rings (SSSR count). The Morgan fingerprint density at radius 1 is 1.04 bits per heavy atom. The Kier molecular flexibility index (Phi) is 4.95. The third-order valence-electron chi connectivity index (χ3n) is 5.15. The maximum atomic E-state index is 12.5. The summed E-state index contributed by atoms with van der Waals surface area (Å²) >= 11 is 0. The molecule has 1 saturated heterocycles. The van der Waals surface area contributed by atoms with Crippen LogP contribution in [0.1, 0.15) is 35.3 Å². The van der Waals surface area contributed by atoms with Crippen molar-refractivity contribution in [3.05, 3.63) is 41.6 Å². The number of ether oxygens (including phenoxy) is 1. The van der Waals surface area contributed by atoms with Gasteiger partial charge in [0, 0.05) is 43.9 Å². The Balaban J connectivity index is 1.54. The van der Waals surface area contributed by atoms with Crippen molar-refractivity contribution >= 4 is 5.78 Å². The van der Waals surface area contributed by atoms with Crippen LogP contribution in [0.4, 0.5) is 0 Å². The van der Waals surface area contributed by atoms with Crippen LogP contribution in [0, 0.1) is 0 Å². The zero-order valence-corrected chi connectivity index (χ0v) is 14.6. The molecule has 0 N–H and O–H groups in total. The molecule has 0 unspecified atom stereocenters. The van der Waals surface area contributed by atoms with E-state index in [0.29, 0.717) is 6.42 Å². The van der Waals surface area contributed by atoms with E-state index in [2.05, 4.69) is 9.58 Å². The molecule has 25 heavy (non-hydrogen) atoms. The smallest absolute Gasteiger partial charge is 0.166 e. The normalized spacial score (nSPS) is 18.3. The fourth-order valence-corrected chi connectivity index (χ4v) is 3.84. The quantitative estimate of drug-likeness (QED) is 0.840. The standard InChI is InChI=1S/C20H25N3O2/c24-18-9-4-8-17-19(18)20(16-6-2-1-3-7-16)21-23(17)11-5-10-22-12-14-25-15-13-22/h1-3,6-7H,4-5,8-15H2. The number of ketones is 1. The van der Waals surface area contributed by atoms with Gasteiger partial charge in [0.15, 0.2) is 5.78 Å². The van der Waals surface area contributed by atoms with Gasteiger partial charge in [-0.25, -0.2) is 0 Å². The van der Waals surface area contributed by atoms with E-state index in [1.807, 2.05) is 30.3 Å². The van der Waals surface area contributed by atoms with Crippen molar-refractivity contribution in [3.8, 4) is 11.3 Å². The van der Waals surface area contributed by atoms with E-state index in [4.69, 9.17) is 9.84 Å². The summed E-state index contributed by atoms with van der Waals surface area (Å²) in [7, 11) is 0. The molecule has 0 amide bonds. The Labute approximate surface area is 148 Å². The number of hydrogen-bond acceptors (Lipinski definition) is 4. The first-order valence-corrected chi connectivity index (χ1v) is 9.31. The summed E-state index contributed by atoms with van der Waals surface area (Å²) in [6.45, 7) is 5.65. The van der Waals surface area contributed by atoms with Crippen molar-refractivity contribution in [2.75, 3.05) is 32.8 Å². The summed E-state index contributed by atoms with van der Waals surface area (Å²) in [5, 5.41) is 4.85. The molecule has 2 aromatic rings. The molecule has 0 bridgehead atoms. The first kappa shape index (κ1) is 16.5. The van der Waals surface area contributed by atoms with Gasteiger partial charge in [0.05, 0.1) is 18.8 Å². The first-order valence-electron chi connectivity index (χ1n) is 9.31. The second kappa shape index (κ2) is 7.50. The number of rotatable bonds is 5. The highest BCUT2D eigenvalue weighted by Gasteiger charge is 2.27. The van der Waals surface area contributed by atoms with Crippen molar-refractivity contribution < 1.29 is 9.53 Å². The molecule has 5 heteroatoms. The molecule has 132 valence electrons. The third-order valence-corrected chi connectivity index (χ3v) is 5.15. The summed E-state index contributed by atoms with van der Waals surface area (Å²) in [4.78, 5) is 15.0. The number of aryl methyl sites for hydroxylation is 1. The van der Waals surface area contributed by atoms with Crippen LogP contribution >= 0.6 is 0 Å². The zero-order valence-electron chi connectivity index (χ0n) is 14.6. The maximum Gasteiger partial charge on any atom is 0.166 e. The van der Waals surface area contributed by atoms with Gasteiger partial charge in [0.2, 0.25) is 0 Å². The number of Topliss-reactive ketones (excluding diaryl/α,β-unsaturated/α-hetero) is 1. The van der Waals surface area contributed by atoms with Gasteiger partial charge in [-0.15, -0.1) is 0 Å². The molecular weight excluding hydrogens is 314 g/mol. The van der Waals surface area contributed by atoms with Gasteiger partial charge in [-0.2, -0.15) is 5.10 Å². The van der Waals surface area contributed by atoms with E-state index in [1.165, 1.54) is 0 Å². The molecule has 0 saturated carbocycles. The maximum absolute atomic E-state index is 12.5. The van der Waals surface area contributed by atoms with Gasteiger partial charge in [-0.3, -0.25) is 14.4 Å². The van der Waals surface area contributed by atoms with Gasteiger partial charge >= 0.3 is 0 Å². The monoisotopic (exact) mass is 339 g/mol. The topological polar surface area (TPSA) is 47.4 Å². The fraction of sp³-hybridized carbons (Fsp3) is 0.500. The summed E-state index contributed by atoms with van der Waals surface area (Å²) in [5.41, 5.74) is 3.91. The van der Waals surface area contributed by atoms with Crippen LogP contribution in [0.15, 0.2) is 30.3 Å². The summed E-state index contributed by atoms with van der Waals surface area (Å²) in [6, 6.07) is 10.1. The number of nitrogens with zero attached hydrogens (tertiary/aromatic N) is 3. The predicted octanol–water partition coefficient (Wildman–Crippen LogP) is 2.79. The van der Waals surface area contributed by atoms with E-state index in [0.717, 1.165) is 81.2 Å². The Bertz CT molecular complexity index is 733. The first-order chi connectivity index (χ1) is 12.3. The van der Waals surface area contributed by atoms with Crippen molar-refractivity contribution in [1.82, 2.24) is 14.7 Å². The molecule has 1 aliphatic heterocycles. The highest BCUT2D eigenvalue weighted by atomic mass is 16.5. The van der Waals surface area contributed by atoms with E-state index in [-0.39, 0.29) is 5.78 Å². The summed E-state index contributed by atoms with van der Waals surface area (Å²) < 4.78 is 7.50. The highest BCUT2D eigenvalue weighted by Crippen LogP contribution is 2.31. The lowest BCUT2D eigenvalue weighted by molar-refractivity contribution is 0.0368. The second-order valence-electron chi connectivity index (χ2n) is 6.84. The average molecular weight is 339 g/mol. The SMILES string of the molecule is O=C1CCCc2c1c(-c1ccccc1)nn2CCCN1CCOCC1. The van der Waals surface area contributed by atoms with E-state index < -0.39 is 0 Å². The van der Waals surface area contributed by atoms with E-state index in [9.17, 15) is 4.79 Å². The Morgan fingerprint density at radius 2 is 1.84 bits per heavy atom. The predicted molar refractivity (Wildman–Crippen MR) is 96.8 cm³/mol. The van der Waals surface area contributed by atoms with Crippen molar-refractivity contribution in [2.45, 2.75) is 32.2 Å². The Morgan fingerprint density at radius 3 is 2.64 bits per heavy atom. The average Bonchev–Trinajstić information content (AvgIpc) is 3.04. The number of morpholine rings is 1. The zero-order chi connectivity index (χ0) is 17.1. The molecule has 0 radical (unpaired) electrons. The Hall–Kier alpha value is -1.98. The lowest BCUT2D eigenvalue weighted by Gasteiger charge is -2.26. The molecule has 1 fully saturated rings. The minimum Gasteiger partial charge on any atom is -0.379 e. The molecule has 2 heterocycles. The van der Waals surface area contributed by atoms with E-state index in [1.54, 1.807) is 0 Å². The second-order valence-corrected chi connectivity index (χ2v) is 6.84. The van der Waals surface area contributed by atoms with Crippen LogP contribution in [0.2, 0.25) is 0 Å². The van der Waals surface area contributed by atoms with Gasteiger partial charge in [-0.1, -0.05) is 30.3 Å². The molecule has 0 spiro atoms. The fourth-order valence-electron chi connectivity index (χ4n) is 3.84. The highest BCUT2D eigenvalue weighted by molar-refractivity contribution is 6.03. The molecule has 5 nitrogen and oxygen atoms in total. The van der Waals surface area contributed by atoms with Crippen LogP contribution in [-0.2, 0) is 17.7 Å². The number of carbonyl (C=O) groups excluding carboxylic acids is 1. The van der Waals surface area contributed by atoms with Crippen LogP contribution in [0.25, 0.3) is 11.3 Å². The minimum atomic E-state index is 0.250. The number of hydrogen-bond donors (Lipinski definition) is 0. The van der Waals surface area contributed by atoms with Crippen LogP contribution < -0.4 is 0 Å². The lowest BCUT2D eigenvalue weighted by Crippen LogP contribution is -2.37. The number of fused-ring (bicyclic) bond motifs is 1. The van der Waals surface area contributed by atoms with Gasteiger partial charge in [0.1, 0.15) is 5.69 Å². The summed E-state index contributed by atoms with van der Waals surface area (Å²) in [6.07, 6.45) is 3.59. The molecule has 1 aliphatic carbocycles.